The third-order valence-corrected chi connectivity index (χ3v) is 3.83. The lowest BCUT2D eigenvalue weighted by atomic mass is 10.0. The number of nitrogen functional groups attached to an aromatic ring is 1. The fraction of sp³-hybridized carbons (Fsp3) is 0.714. The molecule has 112 valence electrons. The Hall–Kier alpha value is -1.40. The number of hydrogen-bond donors (Lipinski definition) is 3. The van der Waals surface area contributed by atoms with Gasteiger partial charge in [0.2, 0.25) is 0 Å². The van der Waals surface area contributed by atoms with E-state index in [0.717, 1.165) is 44.1 Å². The average molecular weight is 279 g/mol. The number of anilines is 2. The average Bonchev–Trinajstić information content (AvgIpc) is 3.24. The largest absolute Gasteiger partial charge is 0.385 e. The first-order valence-corrected chi connectivity index (χ1v) is 7.29. The van der Waals surface area contributed by atoms with Crippen molar-refractivity contribution in [3.05, 3.63) is 11.9 Å². The zero-order valence-electron chi connectivity index (χ0n) is 12.4. The number of nitrogens with two attached hydrogens (primary N) is 1. The van der Waals surface area contributed by atoms with Crippen molar-refractivity contribution < 1.29 is 4.74 Å². The summed E-state index contributed by atoms with van der Waals surface area (Å²) in [5.41, 5.74) is 2.99. The lowest BCUT2D eigenvalue weighted by Gasteiger charge is -2.16. The summed E-state index contributed by atoms with van der Waals surface area (Å²) in [5, 5.41) is 3.43. The van der Waals surface area contributed by atoms with Crippen molar-refractivity contribution in [1.82, 2.24) is 9.97 Å². The molecule has 0 aliphatic heterocycles. The maximum absolute atomic E-state index is 5.46. The Bertz CT molecular complexity index is 434. The number of aromatic nitrogens is 2. The first-order valence-electron chi connectivity index (χ1n) is 7.29. The minimum atomic E-state index is 0.391. The zero-order chi connectivity index (χ0) is 14.4. The molecule has 1 aliphatic rings. The van der Waals surface area contributed by atoms with Crippen molar-refractivity contribution >= 4 is 11.6 Å². The van der Waals surface area contributed by atoms with Crippen LogP contribution in [0.15, 0.2) is 6.07 Å². The van der Waals surface area contributed by atoms with E-state index in [4.69, 9.17) is 10.6 Å². The predicted octanol–water partition coefficient (Wildman–Crippen LogP) is 1.94. The molecule has 0 amide bonds. The molecule has 1 heterocycles. The molecule has 0 saturated heterocycles. The highest BCUT2D eigenvalue weighted by Crippen LogP contribution is 2.48. The van der Waals surface area contributed by atoms with Crippen LogP contribution in [0.1, 0.15) is 38.4 Å². The highest BCUT2D eigenvalue weighted by Gasteiger charge is 2.41. The van der Waals surface area contributed by atoms with Crippen molar-refractivity contribution in [2.75, 3.05) is 31.0 Å². The second kappa shape index (κ2) is 6.85. The molecule has 0 atom stereocenters. The van der Waals surface area contributed by atoms with Gasteiger partial charge in [0.05, 0.1) is 0 Å². The summed E-state index contributed by atoms with van der Waals surface area (Å²) in [6.07, 6.45) is 5.51. The molecule has 6 nitrogen and oxygen atoms in total. The Morgan fingerprint density at radius 1 is 1.35 bits per heavy atom. The van der Waals surface area contributed by atoms with Gasteiger partial charge < -0.3 is 15.5 Å². The minimum absolute atomic E-state index is 0.391. The molecule has 0 radical (unpaired) electrons. The number of rotatable bonds is 9. The molecule has 1 aromatic heterocycles. The van der Waals surface area contributed by atoms with Crippen LogP contribution in [-0.4, -0.2) is 30.2 Å². The van der Waals surface area contributed by atoms with Gasteiger partial charge in [-0.2, -0.15) is 0 Å². The van der Waals surface area contributed by atoms with Crippen molar-refractivity contribution in [2.45, 2.75) is 39.0 Å². The Morgan fingerprint density at radius 2 is 2.10 bits per heavy atom. The Balaban J connectivity index is 1.96. The standard InChI is InChI=1S/C14H25N5O/c1-3-4-11-17-12(9-13(18-11)19-15)16-10-14(5-6-14)7-8-20-2/h9H,3-8,10,15H2,1-2H3,(H2,16,17,18,19). The summed E-state index contributed by atoms with van der Waals surface area (Å²) in [5.74, 6) is 7.79. The second-order valence-electron chi connectivity index (χ2n) is 5.55. The number of hydrazine groups is 1. The quantitative estimate of drug-likeness (QED) is 0.473. The molecule has 1 fully saturated rings. The number of aryl methyl sites for hydroxylation is 1. The molecule has 4 N–H and O–H groups in total. The molecule has 20 heavy (non-hydrogen) atoms. The second-order valence-corrected chi connectivity index (χ2v) is 5.55. The van der Waals surface area contributed by atoms with Crippen molar-refractivity contribution in [3.63, 3.8) is 0 Å². The fourth-order valence-electron chi connectivity index (χ4n) is 2.29. The molecule has 1 aliphatic carbocycles. The number of methoxy groups -OCH3 is 1. The monoisotopic (exact) mass is 279 g/mol. The third-order valence-electron chi connectivity index (χ3n) is 3.83. The fourth-order valence-corrected chi connectivity index (χ4v) is 2.29. The normalized spacial score (nSPS) is 15.9. The van der Waals surface area contributed by atoms with Gasteiger partial charge in [0.15, 0.2) is 0 Å². The van der Waals surface area contributed by atoms with Crippen LogP contribution in [0.25, 0.3) is 0 Å². The lowest BCUT2D eigenvalue weighted by molar-refractivity contribution is 0.175. The van der Waals surface area contributed by atoms with Crippen LogP contribution in [0.3, 0.4) is 0 Å². The molecule has 1 saturated carbocycles. The Labute approximate surface area is 120 Å². The highest BCUT2D eigenvalue weighted by atomic mass is 16.5. The molecule has 0 aromatic carbocycles. The van der Waals surface area contributed by atoms with E-state index >= 15 is 0 Å². The molecule has 2 rings (SSSR count). The summed E-state index contributed by atoms with van der Waals surface area (Å²) in [6.45, 7) is 3.87. The molecule has 0 bridgehead atoms. The number of nitrogens with zero attached hydrogens (tertiary/aromatic N) is 2. The van der Waals surface area contributed by atoms with Crippen molar-refractivity contribution in [2.24, 2.45) is 11.3 Å². The summed E-state index contributed by atoms with van der Waals surface area (Å²) in [4.78, 5) is 8.88. The van der Waals surface area contributed by atoms with Crippen LogP contribution < -0.4 is 16.6 Å². The van der Waals surface area contributed by atoms with E-state index in [1.54, 1.807) is 7.11 Å². The maximum Gasteiger partial charge on any atom is 0.145 e. The van der Waals surface area contributed by atoms with E-state index in [1.165, 1.54) is 12.8 Å². The molecular formula is C14H25N5O. The van der Waals surface area contributed by atoms with Gasteiger partial charge in [-0.15, -0.1) is 0 Å². The van der Waals surface area contributed by atoms with Gasteiger partial charge in [0, 0.05) is 32.7 Å². The summed E-state index contributed by atoms with van der Waals surface area (Å²) < 4.78 is 5.18. The van der Waals surface area contributed by atoms with Crippen molar-refractivity contribution in [3.8, 4) is 0 Å². The molecule has 0 spiro atoms. The SMILES string of the molecule is CCCc1nc(NN)cc(NCC2(CCOC)CC2)n1. The van der Waals surface area contributed by atoms with Crippen LogP contribution in [-0.2, 0) is 11.2 Å². The minimum Gasteiger partial charge on any atom is -0.385 e. The topological polar surface area (TPSA) is 85.1 Å². The summed E-state index contributed by atoms with van der Waals surface area (Å²) in [7, 11) is 1.75. The molecule has 1 aromatic rings. The van der Waals surface area contributed by atoms with Gasteiger partial charge in [0.25, 0.3) is 0 Å². The molecule has 0 unspecified atom stereocenters. The van der Waals surface area contributed by atoms with Crippen LogP contribution in [0.2, 0.25) is 0 Å². The van der Waals surface area contributed by atoms with Gasteiger partial charge in [-0.05, 0) is 31.1 Å². The van der Waals surface area contributed by atoms with Gasteiger partial charge >= 0.3 is 0 Å². The van der Waals surface area contributed by atoms with Crippen LogP contribution in [0, 0.1) is 5.41 Å². The highest BCUT2D eigenvalue weighted by molar-refractivity contribution is 5.47. The first kappa shape index (κ1) is 15.0. The third kappa shape index (κ3) is 4.05. The summed E-state index contributed by atoms with van der Waals surface area (Å²) >= 11 is 0. The lowest BCUT2D eigenvalue weighted by Crippen LogP contribution is -2.19. The maximum atomic E-state index is 5.46. The van der Waals surface area contributed by atoms with Crippen LogP contribution in [0.4, 0.5) is 11.6 Å². The smallest absolute Gasteiger partial charge is 0.145 e. The van der Waals surface area contributed by atoms with E-state index < -0.39 is 0 Å². The number of ether oxygens (including phenoxy) is 1. The van der Waals surface area contributed by atoms with E-state index in [0.29, 0.717) is 11.2 Å². The van der Waals surface area contributed by atoms with Crippen molar-refractivity contribution in [1.29, 1.82) is 0 Å². The Kier molecular flexibility index (Phi) is 5.14. The van der Waals surface area contributed by atoms with E-state index in [9.17, 15) is 0 Å². The predicted molar refractivity (Wildman–Crippen MR) is 80.5 cm³/mol. The van der Waals surface area contributed by atoms with Gasteiger partial charge in [-0.3, -0.25) is 0 Å². The number of nitrogens with one attached hydrogen (secondary N) is 2. The Morgan fingerprint density at radius 3 is 2.70 bits per heavy atom. The molecular weight excluding hydrogens is 254 g/mol. The first-order chi connectivity index (χ1) is 9.71. The van der Waals surface area contributed by atoms with E-state index in [1.807, 2.05) is 6.07 Å². The van der Waals surface area contributed by atoms with Gasteiger partial charge in [0.1, 0.15) is 17.5 Å². The van der Waals surface area contributed by atoms with E-state index in [2.05, 4.69) is 27.6 Å². The van der Waals surface area contributed by atoms with Gasteiger partial charge in [-0.1, -0.05) is 6.92 Å². The van der Waals surface area contributed by atoms with Crippen LogP contribution >= 0.6 is 0 Å². The van der Waals surface area contributed by atoms with Gasteiger partial charge in [-0.25, -0.2) is 15.8 Å². The van der Waals surface area contributed by atoms with Crippen LogP contribution in [0.5, 0.6) is 0 Å². The summed E-state index contributed by atoms with van der Waals surface area (Å²) in [6, 6.07) is 1.85. The zero-order valence-corrected chi connectivity index (χ0v) is 12.4. The molecule has 6 heteroatoms. The number of hydrogen-bond acceptors (Lipinski definition) is 6. The van der Waals surface area contributed by atoms with E-state index in [-0.39, 0.29) is 0 Å².